The number of rotatable bonds is 4. The summed E-state index contributed by atoms with van der Waals surface area (Å²) in [6.07, 6.45) is 1.05. The summed E-state index contributed by atoms with van der Waals surface area (Å²) in [5.41, 5.74) is -0.760. The van der Waals surface area contributed by atoms with Crippen molar-refractivity contribution in [3.8, 4) is 0 Å². The summed E-state index contributed by atoms with van der Waals surface area (Å²) in [7, 11) is 0. The number of aliphatic carboxylic acids is 1. The molecule has 2 aliphatic heterocycles. The van der Waals surface area contributed by atoms with Gasteiger partial charge >= 0.3 is 5.97 Å². The molecule has 0 aromatic rings. The molecule has 2 heterocycles. The monoisotopic (exact) mass is 300 g/mol. The van der Waals surface area contributed by atoms with Crippen LogP contribution in [0.4, 0.5) is 0 Å². The highest BCUT2D eigenvalue weighted by molar-refractivity contribution is 7.99. The number of hydrogen-bond donors (Lipinski definition) is 2. The minimum absolute atomic E-state index is 0.0427. The molecule has 0 radical (unpaired) electrons. The lowest BCUT2D eigenvalue weighted by molar-refractivity contribution is -0.151. The van der Waals surface area contributed by atoms with Crippen molar-refractivity contribution in [2.24, 2.45) is 11.3 Å². The predicted molar refractivity (Wildman–Crippen MR) is 79.8 cm³/mol. The van der Waals surface area contributed by atoms with E-state index < -0.39 is 11.4 Å². The zero-order valence-corrected chi connectivity index (χ0v) is 13.0. The molecule has 0 saturated carbocycles. The van der Waals surface area contributed by atoms with E-state index in [9.17, 15) is 14.7 Å². The second-order valence-corrected chi connectivity index (χ2v) is 7.26. The van der Waals surface area contributed by atoms with E-state index in [4.69, 9.17) is 0 Å². The molecule has 2 N–H and O–H groups in total. The Morgan fingerprint density at radius 3 is 2.75 bits per heavy atom. The van der Waals surface area contributed by atoms with Crippen LogP contribution in [0.5, 0.6) is 0 Å². The van der Waals surface area contributed by atoms with Crippen molar-refractivity contribution in [1.82, 2.24) is 10.2 Å². The molecule has 0 aromatic carbocycles. The van der Waals surface area contributed by atoms with Gasteiger partial charge in [0.1, 0.15) is 0 Å². The Balaban J connectivity index is 1.94. The van der Waals surface area contributed by atoms with Crippen molar-refractivity contribution in [3.63, 3.8) is 0 Å². The van der Waals surface area contributed by atoms with Crippen molar-refractivity contribution in [2.75, 3.05) is 31.1 Å². The van der Waals surface area contributed by atoms with Gasteiger partial charge in [-0.2, -0.15) is 11.8 Å². The lowest BCUT2D eigenvalue weighted by atomic mass is 9.76. The molecular formula is C14H24N2O3S. The van der Waals surface area contributed by atoms with E-state index in [1.54, 1.807) is 4.90 Å². The first-order valence-corrected chi connectivity index (χ1v) is 8.43. The minimum atomic E-state index is -0.769. The Morgan fingerprint density at radius 2 is 2.25 bits per heavy atom. The second kappa shape index (κ2) is 6.35. The normalized spacial score (nSPS) is 30.8. The van der Waals surface area contributed by atoms with Crippen LogP contribution < -0.4 is 5.32 Å². The molecule has 2 saturated heterocycles. The van der Waals surface area contributed by atoms with Crippen LogP contribution in [0.3, 0.4) is 0 Å². The fraction of sp³-hybridized carbons (Fsp3) is 0.857. The molecule has 0 aliphatic carbocycles. The fourth-order valence-corrected chi connectivity index (χ4v) is 3.98. The lowest BCUT2D eigenvalue weighted by Crippen LogP contribution is -2.44. The number of likely N-dealkylation sites (tertiary alicyclic amines) is 1. The van der Waals surface area contributed by atoms with Gasteiger partial charge in [0.25, 0.3) is 0 Å². The van der Waals surface area contributed by atoms with Crippen LogP contribution in [0.25, 0.3) is 0 Å². The Morgan fingerprint density at radius 1 is 1.50 bits per heavy atom. The zero-order chi connectivity index (χ0) is 14.8. The zero-order valence-electron chi connectivity index (χ0n) is 12.2. The Hall–Kier alpha value is -0.750. The van der Waals surface area contributed by atoms with Crippen molar-refractivity contribution < 1.29 is 14.7 Å². The molecule has 5 nitrogen and oxygen atoms in total. The summed E-state index contributed by atoms with van der Waals surface area (Å²) >= 11 is 1.87. The first-order valence-electron chi connectivity index (χ1n) is 7.28. The third kappa shape index (κ3) is 3.11. The van der Waals surface area contributed by atoms with Gasteiger partial charge in [0.2, 0.25) is 5.91 Å². The average Bonchev–Trinajstić information content (AvgIpc) is 2.86. The van der Waals surface area contributed by atoms with Crippen LogP contribution in [0.15, 0.2) is 0 Å². The molecule has 2 aliphatic rings. The standard InChI is InChI=1S/C14H24N2O3S/c1-10(2)14(13(18)19)3-5-16(9-14)12(17)7-11-8-20-6-4-15-11/h10-11,15H,3-9H2,1-2H3,(H,18,19). The Bertz CT molecular complexity index is 383. The van der Waals surface area contributed by atoms with Gasteiger partial charge in [-0.25, -0.2) is 0 Å². The summed E-state index contributed by atoms with van der Waals surface area (Å²) < 4.78 is 0. The number of hydrogen-bond acceptors (Lipinski definition) is 4. The van der Waals surface area contributed by atoms with Gasteiger partial charge in [-0.15, -0.1) is 0 Å². The average molecular weight is 300 g/mol. The number of nitrogens with one attached hydrogen (secondary N) is 1. The topological polar surface area (TPSA) is 69.6 Å². The number of thioether (sulfide) groups is 1. The van der Waals surface area contributed by atoms with Crippen LogP contribution in [-0.2, 0) is 9.59 Å². The van der Waals surface area contributed by atoms with E-state index in [2.05, 4.69) is 5.32 Å². The van der Waals surface area contributed by atoms with Crippen LogP contribution in [0, 0.1) is 11.3 Å². The number of carbonyl (C=O) groups is 2. The molecule has 0 spiro atoms. The molecule has 1 amide bonds. The number of carbonyl (C=O) groups excluding carboxylic acids is 1. The van der Waals surface area contributed by atoms with Crippen molar-refractivity contribution in [1.29, 1.82) is 0 Å². The van der Waals surface area contributed by atoms with E-state index >= 15 is 0 Å². The molecule has 2 fully saturated rings. The van der Waals surface area contributed by atoms with Crippen molar-refractivity contribution in [2.45, 2.75) is 32.7 Å². The molecule has 2 rings (SSSR count). The van der Waals surface area contributed by atoms with Gasteiger partial charge in [0, 0.05) is 43.6 Å². The maximum Gasteiger partial charge on any atom is 0.311 e. The Kier molecular flexibility index (Phi) is 4.96. The first-order chi connectivity index (χ1) is 9.45. The maximum absolute atomic E-state index is 12.3. The van der Waals surface area contributed by atoms with Crippen LogP contribution >= 0.6 is 11.8 Å². The lowest BCUT2D eigenvalue weighted by Gasteiger charge is -2.29. The minimum Gasteiger partial charge on any atom is -0.481 e. The molecule has 20 heavy (non-hydrogen) atoms. The molecule has 0 bridgehead atoms. The van der Waals surface area contributed by atoms with Gasteiger partial charge < -0.3 is 15.3 Å². The van der Waals surface area contributed by atoms with Gasteiger partial charge in [-0.1, -0.05) is 13.8 Å². The quantitative estimate of drug-likeness (QED) is 0.812. The van der Waals surface area contributed by atoms with E-state index in [1.165, 1.54) is 0 Å². The molecule has 0 aromatic heterocycles. The van der Waals surface area contributed by atoms with Gasteiger partial charge in [-0.05, 0) is 12.3 Å². The summed E-state index contributed by atoms with van der Waals surface area (Å²) in [6.45, 7) is 5.75. The fourth-order valence-electron chi connectivity index (χ4n) is 3.03. The van der Waals surface area contributed by atoms with Crippen LogP contribution in [0.1, 0.15) is 26.7 Å². The number of amides is 1. The number of carboxylic acids is 1. The molecular weight excluding hydrogens is 276 g/mol. The third-order valence-electron chi connectivity index (χ3n) is 4.60. The second-order valence-electron chi connectivity index (χ2n) is 6.11. The van der Waals surface area contributed by atoms with E-state index in [0.29, 0.717) is 25.9 Å². The summed E-state index contributed by atoms with van der Waals surface area (Å²) in [4.78, 5) is 25.6. The van der Waals surface area contributed by atoms with E-state index in [-0.39, 0.29) is 17.9 Å². The molecule has 2 unspecified atom stereocenters. The highest BCUT2D eigenvalue weighted by atomic mass is 32.2. The third-order valence-corrected chi connectivity index (χ3v) is 5.73. The van der Waals surface area contributed by atoms with E-state index in [0.717, 1.165) is 18.1 Å². The highest BCUT2D eigenvalue weighted by Crippen LogP contribution is 2.38. The summed E-state index contributed by atoms with van der Waals surface area (Å²) in [5, 5.41) is 12.9. The van der Waals surface area contributed by atoms with E-state index in [1.807, 2.05) is 25.6 Å². The molecule has 114 valence electrons. The van der Waals surface area contributed by atoms with Crippen LogP contribution in [-0.4, -0.2) is 59.1 Å². The van der Waals surface area contributed by atoms with Gasteiger partial charge in [-0.3, -0.25) is 9.59 Å². The molecule has 2 atom stereocenters. The van der Waals surface area contributed by atoms with Crippen molar-refractivity contribution in [3.05, 3.63) is 0 Å². The smallest absolute Gasteiger partial charge is 0.311 e. The largest absolute Gasteiger partial charge is 0.481 e. The summed E-state index contributed by atoms with van der Waals surface area (Å²) in [6, 6.07) is 0.236. The van der Waals surface area contributed by atoms with Gasteiger partial charge in [0.05, 0.1) is 5.41 Å². The Labute approximate surface area is 124 Å². The summed E-state index contributed by atoms with van der Waals surface area (Å²) in [5.74, 6) is 1.43. The first kappa shape index (κ1) is 15.6. The number of nitrogens with zero attached hydrogens (tertiary/aromatic N) is 1. The number of carboxylic acid groups (broad SMARTS) is 1. The maximum atomic E-state index is 12.3. The van der Waals surface area contributed by atoms with Gasteiger partial charge in [0.15, 0.2) is 0 Å². The SMILES string of the molecule is CC(C)C1(C(=O)O)CCN(C(=O)CC2CSCCN2)C1. The van der Waals surface area contributed by atoms with Crippen LogP contribution in [0.2, 0.25) is 0 Å². The predicted octanol–water partition coefficient (Wildman–Crippen LogP) is 1.04. The molecule has 6 heteroatoms. The van der Waals surface area contributed by atoms with Crippen molar-refractivity contribution >= 4 is 23.6 Å². The highest BCUT2D eigenvalue weighted by Gasteiger charge is 2.48.